The van der Waals surface area contributed by atoms with Crippen LogP contribution < -0.4 is 21.7 Å². The molecule has 0 aliphatic carbocycles. The fourth-order valence-corrected chi connectivity index (χ4v) is 1.91. The predicted octanol–water partition coefficient (Wildman–Crippen LogP) is -1.37. The van der Waals surface area contributed by atoms with Crippen LogP contribution in [0.25, 0.3) is 0 Å². The average molecular weight is 299 g/mol. The van der Waals surface area contributed by atoms with Crippen LogP contribution in [0.4, 0.5) is 4.79 Å². The first kappa shape index (κ1) is 17.5. The SMILES string of the molecule is NC(=O)NCc1ccccc1CC(=O)NC1CNC1=O.[Na]. The third-order valence-corrected chi connectivity index (χ3v) is 3.05. The van der Waals surface area contributed by atoms with Crippen LogP contribution in [-0.4, -0.2) is 60.0 Å². The monoisotopic (exact) mass is 299 g/mol. The Morgan fingerprint density at radius 3 is 2.48 bits per heavy atom. The van der Waals surface area contributed by atoms with E-state index in [-0.39, 0.29) is 54.3 Å². The number of benzene rings is 1. The van der Waals surface area contributed by atoms with Gasteiger partial charge >= 0.3 is 6.03 Å². The zero-order chi connectivity index (χ0) is 14.5. The molecule has 8 heteroatoms. The van der Waals surface area contributed by atoms with Gasteiger partial charge in [-0.05, 0) is 11.1 Å². The van der Waals surface area contributed by atoms with Crippen LogP contribution in [0.1, 0.15) is 11.1 Å². The second-order valence-corrected chi connectivity index (χ2v) is 4.53. The van der Waals surface area contributed by atoms with Crippen molar-refractivity contribution in [3.8, 4) is 0 Å². The number of amides is 4. The molecule has 1 heterocycles. The summed E-state index contributed by atoms with van der Waals surface area (Å²) in [6.45, 7) is 0.734. The van der Waals surface area contributed by atoms with Gasteiger partial charge in [-0.25, -0.2) is 4.79 Å². The molecule has 107 valence electrons. The van der Waals surface area contributed by atoms with Crippen LogP contribution in [0.2, 0.25) is 0 Å². The largest absolute Gasteiger partial charge is 0.352 e. The molecule has 1 radical (unpaired) electrons. The number of urea groups is 1. The number of hydrogen-bond donors (Lipinski definition) is 4. The molecule has 1 aromatic carbocycles. The van der Waals surface area contributed by atoms with Gasteiger partial charge in [-0.15, -0.1) is 0 Å². The van der Waals surface area contributed by atoms with E-state index in [0.717, 1.165) is 11.1 Å². The van der Waals surface area contributed by atoms with Gasteiger partial charge in [0.15, 0.2) is 0 Å². The molecule has 1 atom stereocenters. The van der Waals surface area contributed by atoms with E-state index in [4.69, 9.17) is 5.73 Å². The fourth-order valence-electron chi connectivity index (χ4n) is 1.91. The summed E-state index contributed by atoms with van der Waals surface area (Å²) >= 11 is 0. The third kappa shape index (κ3) is 5.04. The zero-order valence-corrected chi connectivity index (χ0v) is 13.8. The summed E-state index contributed by atoms with van der Waals surface area (Å²) < 4.78 is 0. The molecule has 1 aliphatic heterocycles. The Morgan fingerprint density at radius 2 is 1.95 bits per heavy atom. The number of nitrogens with two attached hydrogens (primary N) is 1. The second kappa shape index (κ2) is 8.02. The van der Waals surface area contributed by atoms with Crippen molar-refractivity contribution in [3.05, 3.63) is 35.4 Å². The molecule has 0 spiro atoms. The molecule has 1 aromatic rings. The summed E-state index contributed by atoms with van der Waals surface area (Å²) in [6.07, 6.45) is 0.153. The maximum atomic E-state index is 11.8. The molecule has 7 nitrogen and oxygen atoms in total. The minimum absolute atomic E-state index is 0. The van der Waals surface area contributed by atoms with Crippen molar-refractivity contribution in [2.75, 3.05) is 6.54 Å². The summed E-state index contributed by atoms with van der Waals surface area (Å²) in [5, 5.41) is 7.69. The zero-order valence-electron chi connectivity index (χ0n) is 11.8. The first-order valence-corrected chi connectivity index (χ1v) is 6.23. The van der Waals surface area contributed by atoms with Crippen LogP contribution in [0.5, 0.6) is 0 Å². The Balaban J connectivity index is 0.00000220. The number of carbonyl (C=O) groups excluding carboxylic acids is 3. The number of nitrogens with one attached hydrogen (secondary N) is 3. The molecule has 1 fully saturated rings. The molecule has 0 saturated carbocycles. The summed E-state index contributed by atoms with van der Waals surface area (Å²) in [7, 11) is 0. The number of carbonyl (C=O) groups is 3. The Morgan fingerprint density at radius 1 is 1.29 bits per heavy atom. The first-order valence-electron chi connectivity index (χ1n) is 6.23. The summed E-state index contributed by atoms with van der Waals surface area (Å²) in [4.78, 5) is 33.6. The van der Waals surface area contributed by atoms with Gasteiger partial charge in [-0.2, -0.15) is 0 Å². The van der Waals surface area contributed by atoms with Gasteiger partial charge in [0.25, 0.3) is 0 Å². The molecule has 4 amide bonds. The van der Waals surface area contributed by atoms with Gasteiger partial charge in [0.1, 0.15) is 6.04 Å². The number of primary amides is 1. The minimum atomic E-state index is -0.615. The van der Waals surface area contributed by atoms with Crippen LogP contribution in [-0.2, 0) is 22.6 Å². The van der Waals surface area contributed by atoms with Crippen molar-refractivity contribution in [1.29, 1.82) is 0 Å². The molecule has 21 heavy (non-hydrogen) atoms. The summed E-state index contributed by atoms with van der Waals surface area (Å²) in [5.74, 6) is -0.390. The standard InChI is InChI=1S/C13H16N4O3.Na/c14-13(20)16-6-9-4-2-1-3-8(9)5-11(18)17-10-7-15-12(10)19;/h1-4,10H,5-7H2,(H,15,19)(H,17,18)(H3,14,16,20);. The van der Waals surface area contributed by atoms with E-state index in [2.05, 4.69) is 16.0 Å². The van der Waals surface area contributed by atoms with E-state index in [1.165, 1.54) is 0 Å². The van der Waals surface area contributed by atoms with Gasteiger partial charge < -0.3 is 21.7 Å². The van der Waals surface area contributed by atoms with E-state index in [0.29, 0.717) is 6.54 Å². The maximum Gasteiger partial charge on any atom is 0.312 e. The molecule has 0 bridgehead atoms. The normalized spacial score (nSPS) is 16.0. The maximum absolute atomic E-state index is 11.8. The van der Waals surface area contributed by atoms with Gasteiger partial charge in [0.2, 0.25) is 11.8 Å². The van der Waals surface area contributed by atoms with Crippen molar-refractivity contribution in [2.45, 2.75) is 19.0 Å². The van der Waals surface area contributed by atoms with Gasteiger partial charge in [0.05, 0.1) is 6.42 Å². The van der Waals surface area contributed by atoms with Crippen molar-refractivity contribution >= 4 is 47.4 Å². The van der Waals surface area contributed by atoms with Crippen LogP contribution in [0.15, 0.2) is 24.3 Å². The van der Waals surface area contributed by atoms with Crippen molar-refractivity contribution in [3.63, 3.8) is 0 Å². The van der Waals surface area contributed by atoms with E-state index in [9.17, 15) is 14.4 Å². The molecule has 0 aromatic heterocycles. The first-order chi connectivity index (χ1) is 9.56. The van der Waals surface area contributed by atoms with Gasteiger partial charge in [-0.3, -0.25) is 9.59 Å². The molecular formula is C13H16N4NaO3. The molecule has 1 unspecified atom stereocenters. The van der Waals surface area contributed by atoms with E-state index >= 15 is 0 Å². The second-order valence-electron chi connectivity index (χ2n) is 4.53. The quantitative estimate of drug-likeness (QED) is 0.397. The van der Waals surface area contributed by atoms with Crippen LogP contribution in [0, 0.1) is 0 Å². The Kier molecular flexibility index (Phi) is 6.67. The van der Waals surface area contributed by atoms with E-state index < -0.39 is 12.1 Å². The molecule has 1 aliphatic rings. The predicted molar refractivity (Wildman–Crippen MR) is 77.3 cm³/mol. The van der Waals surface area contributed by atoms with Gasteiger partial charge in [0, 0.05) is 42.6 Å². The number of hydrogen-bond acceptors (Lipinski definition) is 3. The third-order valence-electron chi connectivity index (χ3n) is 3.05. The Bertz CT molecular complexity index is 550. The van der Waals surface area contributed by atoms with Crippen molar-refractivity contribution in [1.82, 2.24) is 16.0 Å². The molecule has 1 saturated heterocycles. The summed E-state index contributed by atoms with van der Waals surface area (Å²) in [6, 6.07) is 6.20. The smallest absolute Gasteiger partial charge is 0.312 e. The topological polar surface area (TPSA) is 113 Å². The molecule has 2 rings (SSSR count). The fraction of sp³-hybridized carbons (Fsp3) is 0.308. The minimum Gasteiger partial charge on any atom is -0.352 e. The number of β-lactam (4-membered cyclic amide) rings is 1. The van der Waals surface area contributed by atoms with E-state index in [1.54, 1.807) is 6.07 Å². The van der Waals surface area contributed by atoms with E-state index in [1.807, 2.05) is 18.2 Å². The number of rotatable bonds is 5. The molecule has 5 N–H and O–H groups in total. The van der Waals surface area contributed by atoms with Crippen LogP contribution >= 0.6 is 0 Å². The average Bonchev–Trinajstić information content (AvgIpc) is 2.42. The molecular weight excluding hydrogens is 283 g/mol. The van der Waals surface area contributed by atoms with Crippen LogP contribution in [0.3, 0.4) is 0 Å². The van der Waals surface area contributed by atoms with Crippen molar-refractivity contribution in [2.24, 2.45) is 5.73 Å². The Labute approximate surface area is 144 Å². The van der Waals surface area contributed by atoms with Gasteiger partial charge in [-0.1, -0.05) is 24.3 Å². The summed E-state index contributed by atoms with van der Waals surface area (Å²) in [5.41, 5.74) is 6.63. The van der Waals surface area contributed by atoms with Crippen molar-refractivity contribution < 1.29 is 14.4 Å². The Hall–Kier alpha value is -1.57.